The number of amides is 1. The normalized spacial score (nSPS) is 16.0. The smallest absolute Gasteiger partial charge is 0.270 e. The van der Waals surface area contributed by atoms with Gasteiger partial charge >= 0.3 is 0 Å². The molecular weight excluding hydrogens is 290 g/mol. The van der Waals surface area contributed by atoms with Crippen LogP contribution in [0.15, 0.2) is 36.4 Å². The molecule has 0 saturated heterocycles. The molecule has 0 atom stereocenters. The van der Waals surface area contributed by atoms with Gasteiger partial charge in [0.2, 0.25) is 0 Å². The first-order chi connectivity index (χ1) is 10.9. The highest BCUT2D eigenvalue weighted by molar-refractivity contribution is 5.93. The number of hydrogen-bond donors (Lipinski definition) is 0. The van der Waals surface area contributed by atoms with Gasteiger partial charge in [0.05, 0.1) is 6.54 Å². The summed E-state index contributed by atoms with van der Waals surface area (Å²) < 4.78 is 7.70. The van der Waals surface area contributed by atoms with Crippen molar-refractivity contribution >= 4 is 5.91 Å². The van der Waals surface area contributed by atoms with Crippen LogP contribution in [0, 0.1) is 11.3 Å². The molecule has 1 aromatic heterocycles. The summed E-state index contributed by atoms with van der Waals surface area (Å²) in [5.41, 5.74) is 1.49. The zero-order chi connectivity index (χ0) is 16.6. The molecule has 0 radical (unpaired) electrons. The van der Waals surface area contributed by atoms with Crippen molar-refractivity contribution in [2.75, 3.05) is 6.54 Å². The molecule has 0 spiro atoms. The molecule has 1 aromatic carbocycles. The number of para-hydroxylation sites is 1. The summed E-state index contributed by atoms with van der Waals surface area (Å²) in [6.45, 7) is 4.92. The van der Waals surface area contributed by atoms with E-state index in [0.29, 0.717) is 24.5 Å². The second kappa shape index (κ2) is 5.47. The highest BCUT2D eigenvalue weighted by atomic mass is 16.5. The second-order valence-electron chi connectivity index (χ2n) is 6.41. The molecule has 0 bridgehead atoms. The van der Waals surface area contributed by atoms with Crippen LogP contribution in [-0.4, -0.2) is 27.5 Å². The Kier molecular flexibility index (Phi) is 3.61. The molecular formula is C18H19N3O2. The molecule has 2 heterocycles. The number of carbonyl (C=O) groups is 1. The van der Waals surface area contributed by atoms with Gasteiger partial charge in [0.25, 0.3) is 5.91 Å². The van der Waals surface area contributed by atoms with Gasteiger partial charge in [0.15, 0.2) is 0 Å². The molecule has 0 aliphatic carbocycles. The average molecular weight is 309 g/mol. The summed E-state index contributed by atoms with van der Waals surface area (Å²) in [5, 5.41) is 9.07. The first-order valence-corrected chi connectivity index (χ1v) is 7.53. The molecule has 0 fully saturated rings. The number of fused-ring (bicyclic) bond motifs is 1. The van der Waals surface area contributed by atoms with Gasteiger partial charge in [-0.15, -0.1) is 0 Å². The maximum atomic E-state index is 12.9. The summed E-state index contributed by atoms with van der Waals surface area (Å²) in [5.74, 6) is 0.722. The number of benzene rings is 1. The zero-order valence-corrected chi connectivity index (χ0v) is 13.5. The van der Waals surface area contributed by atoms with Crippen molar-refractivity contribution < 1.29 is 9.53 Å². The van der Waals surface area contributed by atoms with E-state index in [1.54, 1.807) is 28.6 Å². The van der Waals surface area contributed by atoms with Gasteiger partial charge in [-0.05, 0) is 32.0 Å². The molecule has 1 amide bonds. The van der Waals surface area contributed by atoms with Gasteiger partial charge in [0, 0.05) is 19.2 Å². The van der Waals surface area contributed by atoms with E-state index in [2.05, 4.69) is 6.07 Å². The predicted molar refractivity (Wildman–Crippen MR) is 86.0 cm³/mol. The minimum atomic E-state index is -0.481. The Hall–Kier alpha value is -2.74. The molecule has 118 valence electrons. The monoisotopic (exact) mass is 309 g/mol. The van der Waals surface area contributed by atoms with Gasteiger partial charge in [-0.2, -0.15) is 5.26 Å². The van der Waals surface area contributed by atoms with E-state index in [0.717, 1.165) is 11.3 Å². The Morgan fingerprint density at radius 3 is 2.70 bits per heavy atom. The minimum absolute atomic E-state index is 0.0950. The maximum Gasteiger partial charge on any atom is 0.270 e. The van der Waals surface area contributed by atoms with Crippen molar-refractivity contribution in [2.24, 2.45) is 7.05 Å². The zero-order valence-electron chi connectivity index (χ0n) is 13.5. The summed E-state index contributed by atoms with van der Waals surface area (Å²) >= 11 is 0. The molecule has 0 saturated carbocycles. The fourth-order valence-electron chi connectivity index (χ4n) is 2.93. The molecule has 1 aliphatic heterocycles. The second-order valence-corrected chi connectivity index (χ2v) is 6.41. The van der Waals surface area contributed by atoms with E-state index in [1.807, 2.05) is 38.1 Å². The number of nitriles is 1. The minimum Gasteiger partial charge on any atom is -0.486 e. The largest absolute Gasteiger partial charge is 0.486 e. The number of aromatic nitrogens is 1. The van der Waals surface area contributed by atoms with Crippen LogP contribution >= 0.6 is 0 Å². The Balaban J connectivity index is 1.97. The third-order valence-corrected chi connectivity index (χ3v) is 4.03. The number of carbonyl (C=O) groups excluding carboxylic acids is 1. The van der Waals surface area contributed by atoms with E-state index >= 15 is 0 Å². The van der Waals surface area contributed by atoms with Crippen LogP contribution in [0.5, 0.6) is 5.75 Å². The van der Waals surface area contributed by atoms with Crippen LogP contribution < -0.4 is 4.74 Å². The van der Waals surface area contributed by atoms with Crippen LogP contribution in [0.3, 0.4) is 0 Å². The van der Waals surface area contributed by atoms with E-state index in [1.165, 1.54) is 0 Å². The Bertz CT molecular complexity index is 799. The quantitative estimate of drug-likeness (QED) is 0.814. The van der Waals surface area contributed by atoms with Crippen LogP contribution in [0.1, 0.15) is 35.6 Å². The summed E-state index contributed by atoms with van der Waals surface area (Å²) in [7, 11) is 1.74. The molecule has 3 rings (SSSR count). The number of ether oxygens (including phenoxy) is 1. The molecule has 1 aliphatic rings. The first kappa shape index (κ1) is 15.2. The molecule has 0 unspecified atom stereocenters. The highest BCUT2D eigenvalue weighted by Gasteiger charge is 2.32. The van der Waals surface area contributed by atoms with Gasteiger partial charge in [-0.3, -0.25) is 4.79 Å². The lowest BCUT2D eigenvalue weighted by Crippen LogP contribution is -2.43. The Morgan fingerprint density at radius 1 is 1.26 bits per heavy atom. The fourth-order valence-corrected chi connectivity index (χ4v) is 2.93. The van der Waals surface area contributed by atoms with Crippen LogP contribution in [0.2, 0.25) is 0 Å². The van der Waals surface area contributed by atoms with Gasteiger partial charge < -0.3 is 14.2 Å². The summed E-state index contributed by atoms with van der Waals surface area (Å²) in [6, 6.07) is 13.2. The third-order valence-electron chi connectivity index (χ3n) is 4.03. The molecule has 5 heteroatoms. The molecule has 0 N–H and O–H groups in total. The number of hydrogen-bond acceptors (Lipinski definition) is 3. The standard InChI is InChI=1S/C18H19N3O2/c1-18(2)12-21(11-13-6-4-5-7-16(13)23-18)17(22)15-9-8-14(10-19)20(15)3/h4-9H,11-12H2,1-3H3. The summed E-state index contributed by atoms with van der Waals surface area (Å²) in [4.78, 5) is 14.7. The van der Waals surface area contributed by atoms with Gasteiger partial charge in [0.1, 0.15) is 28.8 Å². The maximum absolute atomic E-state index is 12.9. The van der Waals surface area contributed by atoms with Crippen molar-refractivity contribution in [2.45, 2.75) is 26.0 Å². The van der Waals surface area contributed by atoms with E-state index in [4.69, 9.17) is 10.00 Å². The lowest BCUT2D eigenvalue weighted by molar-refractivity contribution is 0.0493. The topological polar surface area (TPSA) is 58.3 Å². The average Bonchev–Trinajstić information content (AvgIpc) is 2.80. The van der Waals surface area contributed by atoms with Crippen molar-refractivity contribution in [1.29, 1.82) is 5.26 Å². The number of nitrogens with zero attached hydrogens (tertiary/aromatic N) is 3. The van der Waals surface area contributed by atoms with Crippen molar-refractivity contribution in [3.05, 3.63) is 53.3 Å². The Morgan fingerprint density at radius 2 is 2.00 bits per heavy atom. The highest BCUT2D eigenvalue weighted by Crippen LogP contribution is 2.30. The van der Waals surface area contributed by atoms with E-state index in [9.17, 15) is 4.79 Å². The molecule has 23 heavy (non-hydrogen) atoms. The molecule has 5 nitrogen and oxygen atoms in total. The third kappa shape index (κ3) is 2.80. The van der Waals surface area contributed by atoms with E-state index in [-0.39, 0.29) is 5.91 Å². The molecule has 2 aromatic rings. The lowest BCUT2D eigenvalue weighted by atomic mass is 10.1. The Labute approximate surface area is 135 Å². The van der Waals surface area contributed by atoms with Gasteiger partial charge in [-0.25, -0.2) is 0 Å². The van der Waals surface area contributed by atoms with Crippen molar-refractivity contribution in [3.8, 4) is 11.8 Å². The van der Waals surface area contributed by atoms with Crippen LogP contribution in [-0.2, 0) is 13.6 Å². The van der Waals surface area contributed by atoms with Crippen molar-refractivity contribution in [1.82, 2.24) is 9.47 Å². The lowest BCUT2D eigenvalue weighted by Gasteiger charge is -2.29. The SMILES string of the molecule is Cn1c(C#N)ccc1C(=O)N1Cc2ccccc2OC(C)(C)C1. The van der Waals surface area contributed by atoms with Crippen LogP contribution in [0.25, 0.3) is 0 Å². The predicted octanol–water partition coefficient (Wildman–Crippen LogP) is 2.71. The van der Waals surface area contributed by atoms with E-state index < -0.39 is 5.60 Å². The van der Waals surface area contributed by atoms with Gasteiger partial charge in [-0.1, -0.05) is 18.2 Å². The number of rotatable bonds is 1. The van der Waals surface area contributed by atoms with Crippen molar-refractivity contribution in [3.63, 3.8) is 0 Å². The first-order valence-electron chi connectivity index (χ1n) is 7.53. The fraction of sp³-hybridized carbons (Fsp3) is 0.333. The summed E-state index contributed by atoms with van der Waals surface area (Å²) in [6.07, 6.45) is 0. The van der Waals surface area contributed by atoms with Crippen LogP contribution in [0.4, 0.5) is 0 Å².